The van der Waals surface area contributed by atoms with Crippen molar-refractivity contribution in [2.45, 2.75) is 13.8 Å². The van der Waals surface area contributed by atoms with Crippen LogP contribution in [0.3, 0.4) is 0 Å². The first-order valence-corrected chi connectivity index (χ1v) is 10.0. The van der Waals surface area contributed by atoms with E-state index in [1.54, 1.807) is 19.9 Å². The van der Waals surface area contributed by atoms with Gasteiger partial charge in [0.05, 0.1) is 13.2 Å². The largest absolute Gasteiger partial charge is 0.396 e. The van der Waals surface area contributed by atoms with E-state index in [2.05, 4.69) is 9.62 Å². The van der Waals surface area contributed by atoms with Crippen LogP contribution in [0.25, 0.3) is 5.57 Å². The summed E-state index contributed by atoms with van der Waals surface area (Å²) in [4.78, 5) is 1.90. The van der Waals surface area contributed by atoms with E-state index in [0.717, 1.165) is 18.8 Å². The number of ether oxygens (including phenoxy) is 1. The molecule has 1 heterocycles. The van der Waals surface area contributed by atoms with Gasteiger partial charge < -0.3 is 14.7 Å². The lowest BCUT2D eigenvalue weighted by molar-refractivity contribution is 0.122. The molecule has 1 fully saturated rings. The lowest BCUT2D eigenvalue weighted by atomic mass is 10.1. The Morgan fingerprint density at radius 1 is 1.35 bits per heavy atom. The summed E-state index contributed by atoms with van der Waals surface area (Å²) < 4.78 is 32.6. The molecule has 1 atom stereocenters. The molecule has 1 aliphatic heterocycles. The molecule has 0 bridgehead atoms. The molecular weight excluding hydrogens is 354 g/mol. The molecule has 142 valence electrons. The van der Waals surface area contributed by atoms with E-state index in [9.17, 15) is 13.7 Å². The third-order valence-electron chi connectivity index (χ3n) is 4.32. The van der Waals surface area contributed by atoms with Gasteiger partial charge in [0.1, 0.15) is 6.07 Å². The Kier molecular flexibility index (Phi) is 7.17. The second-order valence-corrected chi connectivity index (χ2v) is 8.06. The predicted molar refractivity (Wildman–Crippen MR) is 101 cm³/mol. The third-order valence-corrected chi connectivity index (χ3v) is 5.80. The fraction of sp³-hybridized carbons (Fsp3) is 0.500. The quantitative estimate of drug-likeness (QED) is 0.693. The van der Waals surface area contributed by atoms with E-state index in [1.165, 1.54) is 0 Å². The van der Waals surface area contributed by atoms with Crippen molar-refractivity contribution >= 4 is 21.3 Å². The number of hydrogen-bond acceptors (Lipinski definition) is 6. The highest BCUT2D eigenvalue weighted by Gasteiger charge is 2.22. The van der Waals surface area contributed by atoms with Crippen LogP contribution in [-0.4, -0.2) is 53.0 Å². The first kappa shape index (κ1) is 20.4. The molecule has 0 spiro atoms. The number of anilines is 1. The normalized spacial score (nSPS) is 17.4. The minimum absolute atomic E-state index is 0.0766. The van der Waals surface area contributed by atoms with Gasteiger partial charge in [-0.1, -0.05) is 19.1 Å². The summed E-state index contributed by atoms with van der Waals surface area (Å²) in [6.07, 6.45) is 0. The minimum atomic E-state index is -3.93. The lowest BCUT2D eigenvalue weighted by Gasteiger charge is -2.29. The van der Waals surface area contributed by atoms with Crippen LogP contribution >= 0.6 is 0 Å². The fourth-order valence-corrected chi connectivity index (χ4v) is 3.90. The molecule has 0 aliphatic carbocycles. The van der Waals surface area contributed by atoms with Gasteiger partial charge in [0, 0.05) is 31.9 Å². The van der Waals surface area contributed by atoms with Crippen LogP contribution in [0.1, 0.15) is 19.4 Å². The van der Waals surface area contributed by atoms with Crippen LogP contribution in [0.15, 0.2) is 29.2 Å². The first-order chi connectivity index (χ1) is 12.4. The van der Waals surface area contributed by atoms with Gasteiger partial charge in [0.2, 0.25) is 0 Å². The van der Waals surface area contributed by atoms with Crippen molar-refractivity contribution in [3.05, 3.63) is 34.7 Å². The van der Waals surface area contributed by atoms with Gasteiger partial charge in [-0.05, 0) is 36.1 Å². The summed E-state index contributed by atoms with van der Waals surface area (Å²) in [6, 6.07) is 9.29. The number of morpholine rings is 1. The monoisotopic (exact) mass is 379 g/mol. The average molecular weight is 379 g/mol. The van der Waals surface area contributed by atoms with Crippen molar-refractivity contribution in [1.29, 1.82) is 5.26 Å². The number of rotatable bonds is 7. The van der Waals surface area contributed by atoms with E-state index >= 15 is 0 Å². The van der Waals surface area contributed by atoms with E-state index in [0.29, 0.717) is 24.4 Å². The highest BCUT2D eigenvalue weighted by Crippen LogP contribution is 2.24. The summed E-state index contributed by atoms with van der Waals surface area (Å²) >= 11 is 0. The topological polar surface area (TPSA) is 103 Å². The van der Waals surface area contributed by atoms with Gasteiger partial charge in [0.25, 0.3) is 10.0 Å². The van der Waals surface area contributed by atoms with Crippen LogP contribution in [0.2, 0.25) is 0 Å². The number of aliphatic hydroxyl groups excluding tert-OH is 1. The zero-order valence-electron chi connectivity index (χ0n) is 15.1. The van der Waals surface area contributed by atoms with Crippen LogP contribution in [0.4, 0.5) is 5.69 Å². The van der Waals surface area contributed by atoms with E-state index in [4.69, 9.17) is 9.84 Å². The smallest absolute Gasteiger partial charge is 0.251 e. The molecule has 26 heavy (non-hydrogen) atoms. The van der Waals surface area contributed by atoms with Crippen LogP contribution < -0.4 is 9.62 Å². The summed E-state index contributed by atoms with van der Waals surface area (Å²) in [7, 11) is -3.93. The lowest BCUT2D eigenvalue weighted by Crippen LogP contribution is -2.36. The summed E-state index contributed by atoms with van der Waals surface area (Å²) in [5.41, 5.74) is 2.12. The number of hydrogen-bond donors (Lipinski definition) is 2. The first-order valence-electron chi connectivity index (χ1n) is 8.53. The third kappa shape index (κ3) is 5.05. The number of aliphatic hydroxyl groups is 1. The number of nitriles is 1. The van der Waals surface area contributed by atoms with E-state index in [-0.39, 0.29) is 24.0 Å². The maximum atomic E-state index is 12.4. The molecule has 0 amide bonds. The Hall–Kier alpha value is -1.92. The standard InChI is InChI=1S/C18H25N3O4S/c1-14(13-22)12-20-26(23,24)18(11-19)15(2)16-3-5-17(6-4-16)21-7-9-25-10-8-21/h3-6,14,20,22H,7-10,12-13H2,1-2H3/b18-15+. The maximum Gasteiger partial charge on any atom is 0.251 e. The Balaban J connectivity index is 2.22. The number of allylic oxidation sites excluding steroid dienone is 2. The fourth-order valence-electron chi connectivity index (χ4n) is 2.61. The predicted octanol–water partition coefficient (Wildman–Crippen LogP) is 1.33. The van der Waals surface area contributed by atoms with Crippen LogP contribution in [0, 0.1) is 17.2 Å². The summed E-state index contributed by atoms with van der Waals surface area (Å²) in [5, 5.41) is 18.4. The van der Waals surface area contributed by atoms with Gasteiger partial charge >= 0.3 is 0 Å². The Morgan fingerprint density at radius 3 is 2.50 bits per heavy atom. The van der Waals surface area contributed by atoms with Crippen LogP contribution in [-0.2, 0) is 14.8 Å². The molecular formula is C18H25N3O4S. The van der Waals surface area contributed by atoms with Crippen molar-refractivity contribution in [2.75, 3.05) is 44.4 Å². The van der Waals surface area contributed by atoms with Crippen molar-refractivity contribution in [1.82, 2.24) is 4.72 Å². The van der Waals surface area contributed by atoms with E-state index < -0.39 is 10.0 Å². The molecule has 7 nitrogen and oxygen atoms in total. The molecule has 2 N–H and O–H groups in total. The van der Waals surface area contributed by atoms with Crippen LogP contribution in [0.5, 0.6) is 0 Å². The number of nitrogens with one attached hydrogen (secondary N) is 1. The molecule has 0 aromatic heterocycles. The van der Waals surface area contributed by atoms with Crippen molar-refractivity contribution in [2.24, 2.45) is 5.92 Å². The molecule has 2 rings (SSSR count). The molecule has 1 unspecified atom stereocenters. The maximum absolute atomic E-state index is 12.4. The molecule has 1 saturated heterocycles. The Morgan fingerprint density at radius 2 is 1.96 bits per heavy atom. The van der Waals surface area contributed by atoms with Crippen molar-refractivity contribution in [3.63, 3.8) is 0 Å². The van der Waals surface area contributed by atoms with Gasteiger partial charge in [-0.2, -0.15) is 5.26 Å². The van der Waals surface area contributed by atoms with Gasteiger partial charge in [0.15, 0.2) is 4.91 Å². The SMILES string of the molecule is C/C(=C(/C#N)S(=O)(=O)NCC(C)CO)c1ccc(N2CCOCC2)cc1. The minimum Gasteiger partial charge on any atom is -0.396 e. The van der Waals surface area contributed by atoms with E-state index in [1.807, 2.05) is 24.3 Å². The summed E-state index contributed by atoms with van der Waals surface area (Å²) in [6.45, 7) is 6.30. The molecule has 0 radical (unpaired) electrons. The molecule has 8 heteroatoms. The van der Waals surface area contributed by atoms with Crippen molar-refractivity contribution < 1.29 is 18.3 Å². The highest BCUT2D eigenvalue weighted by molar-refractivity contribution is 7.93. The highest BCUT2D eigenvalue weighted by atomic mass is 32.2. The Labute approximate surface area is 154 Å². The second-order valence-electron chi connectivity index (χ2n) is 6.35. The van der Waals surface area contributed by atoms with Gasteiger partial charge in [-0.3, -0.25) is 0 Å². The molecule has 1 aromatic carbocycles. The average Bonchev–Trinajstić information content (AvgIpc) is 2.67. The second kappa shape index (κ2) is 9.14. The zero-order chi connectivity index (χ0) is 19.2. The zero-order valence-corrected chi connectivity index (χ0v) is 15.9. The van der Waals surface area contributed by atoms with Gasteiger partial charge in [-0.25, -0.2) is 13.1 Å². The number of benzene rings is 1. The molecule has 1 aliphatic rings. The molecule has 0 saturated carbocycles. The number of nitrogens with zero attached hydrogens (tertiary/aromatic N) is 2. The Bertz CT molecular complexity index is 776. The molecule has 1 aromatic rings. The number of sulfonamides is 1. The van der Waals surface area contributed by atoms with Crippen molar-refractivity contribution in [3.8, 4) is 6.07 Å². The van der Waals surface area contributed by atoms with Gasteiger partial charge in [-0.15, -0.1) is 0 Å². The summed E-state index contributed by atoms with van der Waals surface area (Å²) in [5.74, 6) is -0.224.